The van der Waals surface area contributed by atoms with Crippen LogP contribution in [0.25, 0.3) is 0 Å². The van der Waals surface area contributed by atoms with Crippen molar-refractivity contribution in [3.8, 4) is 0 Å². The van der Waals surface area contributed by atoms with Gasteiger partial charge in [-0.05, 0) is 5.56 Å². The number of rotatable bonds is 5. The second-order valence-electron chi connectivity index (χ2n) is 3.75. The van der Waals surface area contributed by atoms with Crippen LogP contribution in [0.3, 0.4) is 0 Å². The zero-order chi connectivity index (χ0) is 13.7. The maximum Gasteiger partial charge on any atom is 0.323 e. The number of carbonyl (C=O) groups excluding carboxylic acids is 1. The number of carboxylic acids is 1. The molecule has 0 aliphatic rings. The largest absolute Gasteiger partial charge is 0.480 e. The number of nitro groups is 1. The molecule has 0 spiro atoms. The molecule has 1 amide bonds. The Labute approximate surface area is 103 Å². The van der Waals surface area contributed by atoms with Gasteiger partial charge in [0.15, 0.2) is 0 Å². The van der Waals surface area contributed by atoms with E-state index in [2.05, 4.69) is 0 Å². The average Bonchev–Trinajstić information content (AvgIpc) is 2.28. The van der Waals surface area contributed by atoms with Gasteiger partial charge in [-0.25, -0.2) is 0 Å². The molecule has 0 radical (unpaired) electrons. The van der Waals surface area contributed by atoms with Crippen molar-refractivity contribution in [1.82, 2.24) is 4.90 Å². The van der Waals surface area contributed by atoms with E-state index < -0.39 is 23.3 Å². The van der Waals surface area contributed by atoms with E-state index >= 15 is 0 Å². The fourth-order valence-corrected chi connectivity index (χ4v) is 1.38. The van der Waals surface area contributed by atoms with E-state index in [1.165, 1.54) is 25.2 Å². The summed E-state index contributed by atoms with van der Waals surface area (Å²) in [6.07, 6.45) is -0.0640. The van der Waals surface area contributed by atoms with E-state index in [-0.39, 0.29) is 12.1 Å². The molecule has 1 rings (SSSR count). The Hall–Kier alpha value is -2.44. The topological polar surface area (TPSA) is 101 Å². The minimum atomic E-state index is -1.11. The van der Waals surface area contributed by atoms with Crippen molar-refractivity contribution in [2.75, 3.05) is 13.6 Å². The van der Waals surface area contributed by atoms with Gasteiger partial charge in [0.25, 0.3) is 5.69 Å². The van der Waals surface area contributed by atoms with Gasteiger partial charge in [0.1, 0.15) is 6.54 Å². The van der Waals surface area contributed by atoms with Gasteiger partial charge in [0.2, 0.25) is 5.91 Å². The summed E-state index contributed by atoms with van der Waals surface area (Å²) in [6, 6.07) is 5.69. The third kappa shape index (κ3) is 3.85. The summed E-state index contributed by atoms with van der Waals surface area (Å²) in [4.78, 5) is 33.1. The van der Waals surface area contributed by atoms with Crippen LogP contribution < -0.4 is 0 Å². The number of hydrogen-bond donors (Lipinski definition) is 1. The molecule has 1 aromatic carbocycles. The number of likely N-dealkylation sites (N-methyl/N-ethyl adjacent to an activating group) is 1. The van der Waals surface area contributed by atoms with Crippen molar-refractivity contribution in [3.63, 3.8) is 0 Å². The van der Waals surface area contributed by atoms with Gasteiger partial charge in [0, 0.05) is 19.2 Å². The Kier molecular flexibility index (Phi) is 4.36. The van der Waals surface area contributed by atoms with Crippen molar-refractivity contribution in [2.24, 2.45) is 0 Å². The van der Waals surface area contributed by atoms with Gasteiger partial charge in [0.05, 0.1) is 11.3 Å². The van der Waals surface area contributed by atoms with E-state index in [0.717, 1.165) is 4.90 Å². The highest BCUT2D eigenvalue weighted by Crippen LogP contribution is 2.13. The van der Waals surface area contributed by atoms with E-state index in [0.29, 0.717) is 5.56 Å². The molecule has 0 unspecified atom stereocenters. The van der Waals surface area contributed by atoms with Crippen molar-refractivity contribution >= 4 is 17.6 Å². The second-order valence-corrected chi connectivity index (χ2v) is 3.75. The summed E-state index contributed by atoms with van der Waals surface area (Å²) in [5, 5.41) is 19.1. The van der Waals surface area contributed by atoms with Crippen molar-refractivity contribution in [3.05, 3.63) is 39.9 Å². The molecule has 0 aromatic heterocycles. The molecular formula is C11H12N2O5. The summed E-state index contributed by atoms with van der Waals surface area (Å²) >= 11 is 0. The van der Waals surface area contributed by atoms with Gasteiger partial charge in [-0.2, -0.15) is 0 Å². The first kappa shape index (κ1) is 13.6. The molecular weight excluding hydrogens is 240 g/mol. The second kappa shape index (κ2) is 5.76. The van der Waals surface area contributed by atoms with E-state index in [1.807, 2.05) is 0 Å². The normalized spacial score (nSPS) is 9.83. The molecule has 0 heterocycles. The van der Waals surface area contributed by atoms with Crippen LogP contribution in [-0.2, 0) is 16.0 Å². The van der Waals surface area contributed by atoms with Crippen LogP contribution >= 0.6 is 0 Å². The first-order chi connectivity index (χ1) is 8.40. The van der Waals surface area contributed by atoms with Crippen LogP contribution in [0.4, 0.5) is 5.69 Å². The molecule has 1 N–H and O–H groups in total. The van der Waals surface area contributed by atoms with Crippen LogP contribution in [0.2, 0.25) is 0 Å². The van der Waals surface area contributed by atoms with Crippen molar-refractivity contribution in [1.29, 1.82) is 0 Å². The Morgan fingerprint density at radius 1 is 1.44 bits per heavy atom. The number of aliphatic carboxylic acids is 1. The lowest BCUT2D eigenvalue weighted by Gasteiger charge is -2.14. The lowest BCUT2D eigenvalue weighted by atomic mass is 10.1. The van der Waals surface area contributed by atoms with Crippen molar-refractivity contribution < 1.29 is 19.6 Å². The number of non-ortho nitro benzene ring substituents is 1. The lowest BCUT2D eigenvalue weighted by molar-refractivity contribution is -0.384. The van der Waals surface area contributed by atoms with Gasteiger partial charge >= 0.3 is 5.97 Å². The smallest absolute Gasteiger partial charge is 0.323 e. The Balaban J connectivity index is 2.72. The summed E-state index contributed by atoms with van der Waals surface area (Å²) < 4.78 is 0. The fourth-order valence-electron chi connectivity index (χ4n) is 1.38. The zero-order valence-electron chi connectivity index (χ0n) is 9.70. The molecule has 7 heteroatoms. The van der Waals surface area contributed by atoms with Crippen LogP contribution in [0.5, 0.6) is 0 Å². The van der Waals surface area contributed by atoms with Gasteiger partial charge < -0.3 is 10.0 Å². The molecule has 96 valence electrons. The number of amides is 1. The summed E-state index contributed by atoms with van der Waals surface area (Å²) in [7, 11) is 1.37. The first-order valence-corrected chi connectivity index (χ1v) is 5.09. The average molecular weight is 252 g/mol. The molecule has 0 bridgehead atoms. The number of nitrogens with zero attached hydrogens (tertiary/aromatic N) is 2. The number of hydrogen-bond acceptors (Lipinski definition) is 4. The standard InChI is InChI=1S/C11H12N2O5/c1-12(7-11(15)16)10(14)6-8-3-2-4-9(5-8)13(17)18/h2-5H,6-7H2,1H3,(H,15,16). The Morgan fingerprint density at radius 2 is 2.11 bits per heavy atom. The quantitative estimate of drug-likeness (QED) is 0.613. The molecule has 0 fully saturated rings. The molecule has 0 aliphatic carbocycles. The molecule has 1 aromatic rings. The summed E-state index contributed by atoms with van der Waals surface area (Å²) in [5.74, 6) is -1.51. The molecule has 7 nitrogen and oxygen atoms in total. The third-order valence-electron chi connectivity index (χ3n) is 2.27. The fraction of sp³-hybridized carbons (Fsp3) is 0.273. The molecule has 0 saturated carbocycles. The van der Waals surface area contributed by atoms with Gasteiger partial charge in [-0.1, -0.05) is 12.1 Å². The SMILES string of the molecule is CN(CC(=O)O)C(=O)Cc1cccc([N+](=O)[O-])c1. The van der Waals surface area contributed by atoms with Crippen LogP contribution in [-0.4, -0.2) is 40.4 Å². The minimum Gasteiger partial charge on any atom is -0.480 e. The summed E-state index contributed by atoms with van der Waals surface area (Å²) in [6.45, 7) is -0.395. The highest BCUT2D eigenvalue weighted by Gasteiger charge is 2.14. The molecule has 0 aliphatic heterocycles. The Bertz CT molecular complexity index is 486. The minimum absolute atomic E-state index is 0.0640. The number of nitro benzene ring substituents is 1. The van der Waals surface area contributed by atoms with E-state index in [4.69, 9.17) is 5.11 Å². The first-order valence-electron chi connectivity index (χ1n) is 5.09. The number of carbonyl (C=O) groups is 2. The number of carboxylic acid groups (broad SMARTS) is 1. The maximum absolute atomic E-state index is 11.6. The van der Waals surface area contributed by atoms with Crippen LogP contribution in [0.1, 0.15) is 5.56 Å². The molecule has 0 saturated heterocycles. The molecule has 0 atom stereocenters. The zero-order valence-corrected chi connectivity index (χ0v) is 9.70. The van der Waals surface area contributed by atoms with Gasteiger partial charge in [-0.3, -0.25) is 19.7 Å². The van der Waals surface area contributed by atoms with Crippen LogP contribution in [0, 0.1) is 10.1 Å². The Morgan fingerprint density at radius 3 is 2.67 bits per heavy atom. The monoisotopic (exact) mass is 252 g/mol. The van der Waals surface area contributed by atoms with Gasteiger partial charge in [-0.15, -0.1) is 0 Å². The summed E-state index contributed by atoms with van der Waals surface area (Å²) in [5.41, 5.74) is 0.382. The maximum atomic E-state index is 11.6. The van der Waals surface area contributed by atoms with Crippen molar-refractivity contribution in [2.45, 2.75) is 6.42 Å². The molecule has 18 heavy (non-hydrogen) atoms. The lowest BCUT2D eigenvalue weighted by Crippen LogP contribution is -2.33. The van der Waals surface area contributed by atoms with E-state index in [9.17, 15) is 19.7 Å². The highest BCUT2D eigenvalue weighted by molar-refractivity contribution is 5.82. The van der Waals surface area contributed by atoms with E-state index in [1.54, 1.807) is 6.07 Å². The predicted molar refractivity (Wildman–Crippen MR) is 62.1 cm³/mol. The highest BCUT2D eigenvalue weighted by atomic mass is 16.6. The third-order valence-corrected chi connectivity index (χ3v) is 2.27. The number of benzene rings is 1. The predicted octanol–water partition coefficient (Wildman–Crippen LogP) is 0.680. The van der Waals surface area contributed by atoms with Crippen LogP contribution in [0.15, 0.2) is 24.3 Å².